The maximum Gasteiger partial charge on any atom is 0.247 e. The van der Waals surface area contributed by atoms with Crippen LogP contribution < -0.4 is 15.4 Å². The number of amides is 1. The second kappa shape index (κ2) is 11.9. The van der Waals surface area contributed by atoms with Crippen LogP contribution in [0.4, 0.5) is 16.0 Å². The smallest absolute Gasteiger partial charge is 0.247 e. The normalized spacial score (nSPS) is 17.9. The number of aromatic amines is 1. The summed E-state index contributed by atoms with van der Waals surface area (Å²) in [6.07, 6.45) is 5.94. The largest absolute Gasteiger partial charge is 0.438 e. The fourth-order valence-electron chi connectivity index (χ4n) is 4.86. The molecule has 0 spiro atoms. The molecule has 1 aliphatic heterocycles. The summed E-state index contributed by atoms with van der Waals surface area (Å²) in [5.41, 5.74) is 3.54. The lowest BCUT2D eigenvalue weighted by Gasteiger charge is -2.37. The highest BCUT2D eigenvalue weighted by Gasteiger charge is 2.26. The number of halogens is 1. The summed E-state index contributed by atoms with van der Waals surface area (Å²) in [5, 5.41) is 6.69. The highest BCUT2D eigenvalue weighted by Crippen LogP contribution is 2.33. The van der Waals surface area contributed by atoms with Gasteiger partial charge in [0.25, 0.3) is 0 Å². The van der Waals surface area contributed by atoms with Gasteiger partial charge >= 0.3 is 0 Å². The maximum absolute atomic E-state index is 15.3. The molecule has 11 heteroatoms. The molecular weight excluding hydrogens is 511 g/mol. The van der Waals surface area contributed by atoms with Gasteiger partial charge in [0.2, 0.25) is 17.7 Å². The van der Waals surface area contributed by atoms with Crippen molar-refractivity contribution in [1.29, 1.82) is 0 Å². The first-order chi connectivity index (χ1) is 19.3. The van der Waals surface area contributed by atoms with Crippen LogP contribution in [0.5, 0.6) is 11.6 Å². The summed E-state index contributed by atoms with van der Waals surface area (Å²) in [5.74, 6) is 0.820. The Balaban J connectivity index is 1.43. The molecule has 1 saturated heterocycles. The van der Waals surface area contributed by atoms with Gasteiger partial charge in [-0.3, -0.25) is 4.79 Å². The first-order valence-corrected chi connectivity index (χ1v) is 13.3. The van der Waals surface area contributed by atoms with Crippen molar-refractivity contribution in [2.24, 2.45) is 0 Å². The number of anilines is 2. The van der Waals surface area contributed by atoms with E-state index in [1.165, 1.54) is 6.08 Å². The number of carbonyl (C=O) groups is 1. The van der Waals surface area contributed by atoms with Gasteiger partial charge in [0.15, 0.2) is 0 Å². The molecule has 1 fully saturated rings. The van der Waals surface area contributed by atoms with E-state index in [1.54, 1.807) is 24.3 Å². The van der Waals surface area contributed by atoms with E-state index in [-0.39, 0.29) is 12.3 Å². The van der Waals surface area contributed by atoms with E-state index < -0.39 is 6.17 Å². The summed E-state index contributed by atoms with van der Waals surface area (Å²) >= 11 is 0. The van der Waals surface area contributed by atoms with Crippen molar-refractivity contribution in [1.82, 2.24) is 29.7 Å². The van der Waals surface area contributed by atoms with Gasteiger partial charge in [0.05, 0.1) is 5.39 Å². The number of piperazine rings is 1. The Morgan fingerprint density at radius 3 is 2.77 bits per heavy atom. The molecule has 1 aromatic carbocycles. The number of rotatable bonds is 9. The minimum atomic E-state index is -1.11. The maximum atomic E-state index is 15.3. The average molecular weight is 547 g/mol. The molecule has 0 bridgehead atoms. The molecule has 210 valence electrons. The number of hydrogen-bond acceptors (Lipinski definition) is 8. The van der Waals surface area contributed by atoms with Crippen LogP contribution in [0.15, 0.2) is 66.7 Å². The number of hydrogen-bond donors (Lipinski definition) is 3. The lowest BCUT2D eigenvalue weighted by Crippen LogP contribution is -2.45. The summed E-state index contributed by atoms with van der Waals surface area (Å²) in [4.78, 5) is 30.8. The van der Waals surface area contributed by atoms with Crippen LogP contribution >= 0.6 is 0 Å². The number of benzene rings is 1. The van der Waals surface area contributed by atoms with E-state index in [0.29, 0.717) is 41.2 Å². The first kappa shape index (κ1) is 27.4. The van der Waals surface area contributed by atoms with Crippen LogP contribution in [0.3, 0.4) is 0 Å². The van der Waals surface area contributed by atoms with Gasteiger partial charge in [-0.2, -0.15) is 9.97 Å². The number of H-pyrrole nitrogens is 1. The Morgan fingerprint density at radius 1 is 1.25 bits per heavy atom. The van der Waals surface area contributed by atoms with Crippen molar-refractivity contribution in [2.75, 3.05) is 58.0 Å². The van der Waals surface area contributed by atoms with Crippen LogP contribution in [-0.2, 0) is 11.3 Å². The van der Waals surface area contributed by atoms with Gasteiger partial charge in [0.1, 0.15) is 17.6 Å². The highest BCUT2D eigenvalue weighted by atomic mass is 19.1. The van der Waals surface area contributed by atoms with Crippen LogP contribution in [-0.4, -0.2) is 89.1 Å². The molecule has 3 N–H and O–H groups in total. The summed E-state index contributed by atoms with van der Waals surface area (Å²) in [6, 6.07) is 7.03. The number of aromatic nitrogens is 3. The zero-order chi connectivity index (χ0) is 28.2. The second-order valence-electron chi connectivity index (χ2n) is 10.3. The van der Waals surface area contributed by atoms with E-state index in [1.807, 2.05) is 37.3 Å². The molecule has 1 unspecified atom stereocenters. The lowest BCUT2D eigenvalue weighted by atomic mass is 10.0. The van der Waals surface area contributed by atoms with Gasteiger partial charge in [-0.1, -0.05) is 12.6 Å². The van der Waals surface area contributed by atoms with Crippen molar-refractivity contribution < 1.29 is 13.9 Å². The molecule has 40 heavy (non-hydrogen) atoms. The van der Waals surface area contributed by atoms with Crippen LogP contribution in [0.2, 0.25) is 0 Å². The van der Waals surface area contributed by atoms with Crippen molar-refractivity contribution in [2.45, 2.75) is 19.1 Å². The molecule has 0 saturated carbocycles. The topological polar surface area (TPSA) is 102 Å². The van der Waals surface area contributed by atoms with Crippen molar-refractivity contribution in [3.8, 4) is 11.6 Å². The molecule has 2 aromatic heterocycles. The summed E-state index contributed by atoms with van der Waals surface area (Å²) in [6.45, 7) is 7.62. The van der Waals surface area contributed by atoms with Gasteiger partial charge in [-0.25, -0.2) is 4.39 Å². The number of ether oxygens (including phenoxy) is 1. The Kier molecular flexibility index (Phi) is 8.13. The fraction of sp³-hybridized carbons (Fsp3) is 0.345. The van der Waals surface area contributed by atoms with Gasteiger partial charge in [-0.15, -0.1) is 0 Å². The molecule has 1 amide bonds. The Morgan fingerprint density at radius 2 is 2.05 bits per heavy atom. The highest BCUT2D eigenvalue weighted by molar-refractivity contribution is 5.99. The minimum Gasteiger partial charge on any atom is -0.438 e. The number of likely N-dealkylation sites (N-methyl/N-ethyl adjacent to an activating group) is 1. The molecule has 3 aromatic rings. The van der Waals surface area contributed by atoms with E-state index in [2.05, 4.69) is 44.0 Å². The van der Waals surface area contributed by atoms with Crippen LogP contribution in [0.1, 0.15) is 12.0 Å². The number of carbonyl (C=O) groups excluding carboxylic acids is 1. The number of nitrogens with one attached hydrogen (secondary N) is 3. The zero-order valence-corrected chi connectivity index (χ0v) is 23.1. The molecule has 5 rings (SSSR count). The predicted molar refractivity (Wildman–Crippen MR) is 155 cm³/mol. The van der Waals surface area contributed by atoms with Gasteiger partial charge in [-0.05, 0) is 57.1 Å². The standard InChI is InChI=1S/C29H35FN8O2/c1-5-25(39)32-20-7-6-8-22(15-20)40-28-26-19(18-36(2)3)17-31-27(26)34-29(35-28)33-21-9-10-24(23(30)16-21)38-13-11-37(4)12-14-38/h5-10,15,17,23H,1,11-14,16,18H2,2-4H3,(H,32,39)(H2,31,33,34,35). The Bertz CT molecular complexity index is 1460. The molecule has 2 aliphatic rings. The first-order valence-electron chi connectivity index (χ1n) is 13.3. The molecule has 0 radical (unpaired) electrons. The average Bonchev–Trinajstić information content (AvgIpc) is 3.31. The zero-order valence-electron chi connectivity index (χ0n) is 23.1. The number of nitrogens with zero attached hydrogens (tertiary/aromatic N) is 5. The Hall–Kier alpha value is -4.22. The molecule has 1 aliphatic carbocycles. The van der Waals surface area contributed by atoms with Gasteiger partial charge in [0, 0.05) is 68.5 Å². The minimum absolute atomic E-state index is 0.206. The second-order valence-corrected chi connectivity index (χ2v) is 10.3. The molecule has 1 atom stereocenters. The van der Waals surface area contributed by atoms with Gasteiger partial charge < -0.3 is 35.1 Å². The molecule has 3 heterocycles. The SMILES string of the molecule is C=CC(=O)Nc1cccc(Oc2nc(NC3=CC=C(N4CCN(C)CC4)C(F)C3)nc3[nH]cc(CN(C)C)c23)c1. The van der Waals surface area contributed by atoms with E-state index in [4.69, 9.17) is 9.72 Å². The van der Waals surface area contributed by atoms with Crippen molar-refractivity contribution >= 4 is 28.6 Å². The van der Waals surface area contributed by atoms with Crippen molar-refractivity contribution in [3.05, 3.63) is 72.2 Å². The molecular formula is C29H35FN8O2. The summed E-state index contributed by atoms with van der Waals surface area (Å²) in [7, 11) is 6.05. The number of alkyl halides is 1. The van der Waals surface area contributed by atoms with E-state index >= 15 is 4.39 Å². The number of fused-ring (bicyclic) bond motifs is 1. The van der Waals surface area contributed by atoms with Crippen LogP contribution in [0.25, 0.3) is 11.0 Å². The van der Waals surface area contributed by atoms with E-state index in [0.717, 1.165) is 42.8 Å². The Labute approximate surface area is 233 Å². The third-order valence-corrected chi connectivity index (χ3v) is 6.88. The third kappa shape index (κ3) is 6.32. The quantitative estimate of drug-likeness (QED) is 0.345. The van der Waals surface area contributed by atoms with Crippen molar-refractivity contribution in [3.63, 3.8) is 0 Å². The molecule has 10 nitrogen and oxygen atoms in total. The summed E-state index contributed by atoms with van der Waals surface area (Å²) < 4.78 is 21.5. The predicted octanol–water partition coefficient (Wildman–Crippen LogP) is 4.11. The number of allylic oxidation sites excluding steroid dienone is 4. The lowest BCUT2D eigenvalue weighted by molar-refractivity contribution is -0.111. The fourth-order valence-corrected chi connectivity index (χ4v) is 4.86. The van der Waals surface area contributed by atoms with Crippen LogP contribution in [0, 0.1) is 0 Å². The van der Waals surface area contributed by atoms with E-state index in [9.17, 15) is 4.79 Å². The third-order valence-electron chi connectivity index (χ3n) is 6.88. The monoisotopic (exact) mass is 546 g/mol.